The van der Waals surface area contributed by atoms with Gasteiger partial charge in [0.25, 0.3) is 0 Å². The molecule has 0 aliphatic carbocycles. The number of thiophene rings is 1. The van der Waals surface area contributed by atoms with E-state index in [-0.39, 0.29) is 18.5 Å². The van der Waals surface area contributed by atoms with Crippen LogP contribution in [0.4, 0.5) is 5.82 Å². The lowest BCUT2D eigenvalue weighted by molar-refractivity contribution is -0.119. The third-order valence-electron chi connectivity index (χ3n) is 3.50. The van der Waals surface area contributed by atoms with Crippen LogP contribution in [0.3, 0.4) is 0 Å². The minimum Gasteiger partial charge on any atom is -0.360 e. The Kier molecular flexibility index (Phi) is 4.76. The largest absolute Gasteiger partial charge is 0.360 e. The molecule has 3 aromatic rings. The van der Waals surface area contributed by atoms with E-state index in [1.807, 2.05) is 39.0 Å². The molecule has 1 aromatic carbocycles. The highest BCUT2D eigenvalue weighted by molar-refractivity contribution is 7.17. The van der Waals surface area contributed by atoms with E-state index in [9.17, 15) is 4.79 Å². The monoisotopic (exact) mass is 340 g/mol. The minimum absolute atomic E-state index is 0.0501. The van der Waals surface area contributed by atoms with Crippen LogP contribution in [0.15, 0.2) is 35.7 Å². The molecule has 0 fully saturated rings. The normalized spacial score (nSPS) is 11.0. The SMILES string of the molecule is Cc1nc(NCC(=O)NC(C)C)c2c(-c3ccccc3)csc2n1. The standard InChI is InChI=1S/C18H20N4OS/c1-11(2)20-15(23)9-19-17-16-14(13-7-5-4-6-8-13)10-24-18(16)22-12(3)21-17/h4-8,10-11H,9H2,1-3H3,(H,20,23)(H,19,21,22). The number of nitrogens with one attached hydrogen (secondary N) is 2. The molecule has 0 radical (unpaired) electrons. The molecule has 0 atom stereocenters. The van der Waals surface area contributed by atoms with Crippen molar-refractivity contribution in [1.29, 1.82) is 0 Å². The summed E-state index contributed by atoms with van der Waals surface area (Å²) >= 11 is 1.59. The molecule has 5 nitrogen and oxygen atoms in total. The molecular weight excluding hydrogens is 320 g/mol. The number of benzene rings is 1. The Labute approximate surface area is 145 Å². The summed E-state index contributed by atoms with van der Waals surface area (Å²) < 4.78 is 0. The number of fused-ring (bicyclic) bond motifs is 1. The number of amides is 1. The zero-order valence-electron chi connectivity index (χ0n) is 14.0. The van der Waals surface area contributed by atoms with Crippen molar-refractivity contribution in [2.24, 2.45) is 0 Å². The number of aromatic nitrogens is 2. The molecule has 6 heteroatoms. The molecule has 0 aliphatic heterocycles. The van der Waals surface area contributed by atoms with Crippen LogP contribution in [-0.2, 0) is 4.79 Å². The van der Waals surface area contributed by atoms with Crippen LogP contribution in [-0.4, -0.2) is 28.5 Å². The lowest BCUT2D eigenvalue weighted by Gasteiger charge is -2.11. The number of carbonyl (C=O) groups excluding carboxylic acids is 1. The van der Waals surface area contributed by atoms with E-state index < -0.39 is 0 Å². The second-order valence-corrected chi connectivity index (χ2v) is 6.75. The van der Waals surface area contributed by atoms with Crippen molar-refractivity contribution < 1.29 is 4.79 Å². The van der Waals surface area contributed by atoms with Gasteiger partial charge in [-0.25, -0.2) is 9.97 Å². The molecule has 3 rings (SSSR count). The molecule has 0 unspecified atom stereocenters. The number of aryl methyl sites for hydroxylation is 1. The van der Waals surface area contributed by atoms with Gasteiger partial charge >= 0.3 is 0 Å². The number of hydrogen-bond acceptors (Lipinski definition) is 5. The fourth-order valence-electron chi connectivity index (χ4n) is 2.54. The van der Waals surface area contributed by atoms with Gasteiger partial charge in [-0.1, -0.05) is 30.3 Å². The Bertz CT molecular complexity index is 858. The van der Waals surface area contributed by atoms with Crippen molar-refractivity contribution in [1.82, 2.24) is 15.3 Å². The minimum atomic E-state index is -0.0501. The molecule has 0 spiro atoms. The summed E-state index contributed by atoms with van der Waals surface area (Å²) in [4.78, 5) is 21.9. The van der Waals surface area contributed by atoms with Gasteiger partial charge < -0.3 is 10.6 Å². The number of rotatable bonds is 5. The van der Waals surface area contributed by atoms with Crippen LogP contribution in [0, 0.1) is 6.92 Å². The smallest absolute Gasteiger partial charge is 0.239 e. The van der Waals surface area contributed by atoms with E-state index in [0.717, 1.165) is 21.3 Å². The van der Waals surface area contributed by atoms with Gasteiger partial charge in [-0.05, 0) is 26.3 Å². The lowest BCUT2D eigenvalue weighted by Crippen LogP contribution is -2.35. The first kappa shape index (κ1) is 16.4. The van der Waals surface area contributed by atoms with Crippen LogP contribution in [0.5, 0.6) is 0 Å². The van der Waals surface area contributed by atoms with E-state index in [4.69, 9.17) is 0 Å². The van der Waals surface area contributed by atoms with Gasteiger partial charge in [-0.15, -0.1) is 11.3 Å². The molecule has 0 bridgehead atoms. The average molecular weight is 340 g/mol. The van der Waals surface area contributed by atoms with Gasteiger partial charge in [0.1, 0.15) is 16.5 Å². The third-order valence-corrected chi connectivity index (χ3v) is 4.37. The van der Waals surface area contributed by atoms with Crippen LogP contribution >= 0.6 is 11.3 Å². The Morgan fingerprint density at radius 2 is 1.96 bits per heavy atom. The summed E-state index contributed by atoms with van der Waals surface area (Å²) in [5.41, 5.74) is 2.20. The third kappa shape index (κ3) is 3.54. The van der Waals surface area contributed by atoms with Crippen LogP contribution < -0.4 is 10.6 Å². The zero-order chi connectivity index (χ0) is 17.1. The van der Waals surface area contributed by atoms with Crippen molar-refractivity contribution in [3.63, 3.8) is 0 Å². The van der Waals surface area contributed by atoms with Crippen LogP contribution in [0.1, 0.15) is 19.7 Å². The van der Waals surface area contributed by atoms with Crippen molar-refractivity contribution in [2.45, 2.75) is 26.8 Å². The van der Waals surface area contributed by atoms with Gasteiger partial charge in [0.15, 0.2) is 0 Å². The Morgan fingerprint density at radius 3 is 2.67 bits per heavy atom. The van der Waals surface area contributed by atoms with E-state index in [1.165, 1.54) is 0 Å². The van der Waals surface area contributed by atoms with Crippen molar-refractivity contribution in [2.75, 3.05) is 11.9 Å². The molecule has 0 saturated carbocycles. The average Bonchev–Trinajstić information content (AvgIpc) is 2.96. The van der Waals surface area contributed by atoms with E-state index in [1.54, 1.807) is 11.3 Å². The molecule has 24 heavy (non-hydrogen) atoms. The second-order valence-electron chi connectivity index (χ2n) is 5.89. The van der Waals surface area contributed by atoms with E-state index >= 15 is 0 Å². The quantitative estimate of drug-likeness (QED) is 0.745. The van der Waals surface area contributed by atoms with Crippen molar-refractivity contribution >= 4 is 33.3 Å². The number of carbonyl (C=O) groups is 1. The summed E-state index contributed by atoms with van der Waals surface area (Å²) in [6.07, 6.45) is 0. The molecule has 2 heterocycles. The number of nitrogens with zero attached hydrogens (tertiary/aromatic N) is 2. The Balaban J connectivity index is 1.97. The number of anilines is 1. The summed E-state index contributed by atoms with van der Waals surface area (Å²) in [5, 5.41) is 9.10. The first-order valence-electron chi connectivity index (χ1n) is 7.89. The van der Waals surface area contributed by atoms with E-state index in [0.29, 0.717) is 11.6 Å². The molecule has 2 aromatic heterocycles. The summed E-state index contributed by atoms with van der Waals surface area (Å²) in [7, 11) is 0. The molecule has 1 amide bonds. The second kappa shape index (κ2) is 6.97. The fourth-order valence-corrected chi connectivity index (χ4v) is 3.54. The first-order valence-corrected chi connectivity index (χ1v) is 8.77. The predicted octanol–water partition coefficient (Wildman–Crippen LogP) is 3.60. The van der Waals surface area contributed by atoms with Gasteiger partial charge in [0.2, 0.25) is 5.91 Å². The summed E-state index contributed by atoms with van der Waals surface area (Å²) in [6, 6.07) is 10.3. The molecule has 124 valence electrons. The van der Waals surface area contributed by atoms with Crippen LogP contribution in [0.2, 0.25) is 0 Å². The first-order chi connectivity index (χ1) is 11.5. The summed E-state index contributed by atoms with van der Waals surface area (Å²) in [6.45, 7) is 5.93. The number of hydrogen-bond donors (Lipinski definition) is 2. The van der Waals surface area contributed by atoms with E-state index in [2.05, 4.69) is 38.1 Å². The van der Waals surface area contributed by atoms with Crippen LogP contribution in [0.25, 0.3) is 21.3 Å². The maximum Gasteiger partial charge on any atom is 0.239 e. The van der Waals surface area contributed by atoms with Gasteiger partial charge in [0, 0.05) is 17.0 Å². The molecule has 0 aliphatic rings. The Morgan fingerprint density at radius 1 is 1.21 bits per heavy atom. The van der Waals surface area contributed by atoms with Gasteiger partial charge in [0.05, 0.1) is 11.9 Å². The maximum atomic E-state index is 11.9. The Hall–Kier alpha value is -2.47. The highest BCUT2D eigenvalue weighted by Gasteiger charge is 2.15. The van der Waals surface area contributed by atoms with Gasteiger partial charge in [-0.3, -0.25) is 4.79 Å². The highest BCUT2D eigenvalue weighted by Crippen LogP contribution is 2.36. The van der Waals surface area contributed by atoms with Gasteiger partial charge in [-0.2, -0.15) is 0 Å². The van der Waals surface area contributed by atoms with Crippen molar-refractivity contribution in [3.8, 4) is 11.1 Å². The summed E-state index contributed by atoms with van der Waals surface area (Å²) in [5.74, 6) is 1.35. The highest BCUT2D eigenvalue weighted by atomic mass is 32.1. The molecule has 0 saturated heterocycles. The molecular formula is C18H20N4OS. The predicted molar refractivity (Wildman–Crippen MR) is 99.4 cm³/mol. The fraction of sp³-hybridized carbons (Fsp3) is 0.278. The molecule has 2 N–H and O–H groups in total. The zero-order valence-corrected chi connectivity index (χ0v) is 14.8. The lowest BCUT2D eigenvalue weighted by atomic mass is 10.1. The van der Waals surface area contributed by atoms with Crippen molar-refractivity contribution in [3.05, 3.63) is 41.5 Å². The maximum absolute atomic E-state index is 11.9. The topological polar surface area (TPSA) is 66.9 Å².